The van der Waals surface area contributed by atoms with Crippen molar-refractivity contribution in [3.63, 3.8) is 0 Å². The third-order valence-electron chi connectivity index (χ3n) is 3.79. The molecule has 0 saturated carbocycles. The molecule has 0 saturated heterocycles. The number of ether oxygens (including phenoxy) is 2. The molecule has 1 aliphatic rings. The number of nitro groups is 1. The number of nitro benzene ring substituents is 1. The summed E-state index contributed by atoms with van der Waals surface area (Å²) in [7, 11) is 0. The van der Waals surface area contributed by atoms with E-state index in [0.29, 0.717) is 11.5 Å². The van der Waals surface area contributed by atoms with E-state index in [1.54, 1.807) is 0 Å². The lowest BCUT2D eigenvalue weighted by atomic mass is 10.1. The molecule has 0 aromatic heterocycles. The summed E-state index contributed by atoms with van der Waals surface area (Å²) >= 11 is 0. The number of nitrogens with one attached hydrogen (secondary N) is 1. The molecule has 0 fully saturated rings. The van der Waals surface area contributed by atoms with Gasteiger partial charge in [-0.2, -0.15) is 0 Å². The summed E-state index contributed by atoms with van der Waals surface area (Å²) in [6.07, 6.45) is 3.44. The molecule has 1 N–H and O–H groups in total. The van der Waals surface area contributed by atoms with Crippen LogP contribution in [-0.2, 0) is 11.2 Å². The number of carbonyl (C=O) groups is 1. The summed E-state index contributed by atoms with van der Waals surface area (Å²) in [6, 6.07) is 10.3. The van der Waals surface area contributed by atoms with Crippen LogP contribution in [0.3, 0.4) is 0 Å². The van der Waals surface area contributed by atoms with Crippen molar-refractivity contribution in [1.29, 1.82) is 0 Å². The van der Waals surface area contributed by atoms with Crippen LogP contribution in [0.1, 0.15) is 18.1 Å². The molecular weight excluding hydrogens is 324 g/mol. The molecule has 0 unspecified atom stereocenters. The second-order valence-electron chi connectivity index (χ2n) is 5.35. The van der Waals surface area contributed by atoms with Crippen LogP contribution in [0.4, 0.5) is 11.4 Å². The van der Waals surface area contributed by atoms with Gasteiger partial charge in [0.2, 0.25) is 12.7 Å². The van der Waals surface area contributed by atoms with Crippen LogP contribution in [-0.4, -0.2) is 17.6 Å². The Hall–Kier alpha value is -3.35. The predicted molar refractivity (Wildman–Crippen MR) is 92.7 cm³/mol. The molecule has 7 nitrogen and oxygen atoms in total. The molecule has 25 heavy (non-hydrogen) atoms. The van der Waals surface area contributed by atoms with Gasteiger partial charge in [-0.3, -0.25) is 14.9 Å². The van der Waals surface area contributed by atoms with Crippen molar-refractivity contribution in [3.05, 3.63) is 63.7 Å². The van der Waals surface area contributed by atoms with E-state index in [4.69, 9.17) is 9.47 Å². The first kappa shape index (κ1) is 16.5. The lowest BCUT2D eigenvalue weighted by molar-refractivity contribution is -0.385. The van der Waals surface area contributed by atoms with Crippen LogP contribution in [0.2, 0.25) is 0 Å². The molecular formula is C18H16N2O5. The number of benzene rings is 2. The highest BCUT2D eigenvalue weighted by Crippen LogP contribution is 2.38. The second-order valence-corrected chi connectivity index (χ2v) is 5.35. The van der Waals surface area contributed by atoms with Crippen molar-refractivity contribution in [3.8, 4) is 11.5 Å². The van der Waals surface area contributed by atoms with Gasteiger partial charge in [-0.05, 0) is 30.2 Å². The average molecular weight is 340 g/mol. The molecule has 128 valence electrons. The van der Waals surface area contributed by atoms with Crippen LogP contribution in [0.5, 0.6) is 11.5 Å². The first-order valence-corrected chi connectivity index (χ1v) is 7.73. The molecule has 7 heteroatoms. The fraction of sp³-hybridized carbons (Fsp3) is 0.167. The van der Waals surface area contributed by atoms with Crippen molar-refractivity contribution in [2.75, 3.05) is 12.1 Å². The Labute approximate surface area is 144 Å². The maximum absolute atomic E-state index is 12.1. The molecule has 0 aliphatic carbocycles. The molecule has 1 amide bonds. The molecule has 0 spiro atoms. The maximum atomic E-state index is 12.1. The fourth-order valence-electron chi connectivity index (χ4n) is 2.53. The van der Waals surface area contributed by atoms with Crippen molar-refractivity contribution in [2.24, 2.45) is 0 Å². The summed E-state index contributed by atoms with van der Waals surface area (Å²) in [6.45, 7) is 2.02. The highest BCUT2D eigenvalue weighted by Gasteiger charge is 2.22. The predicted octanol–water partition coefficient (Wildman–Crippen LogP) is 3.54. The smallest absolute Gasteiger partial charge is 0.280 e. The summed E-state index contributed by atoms with van der Waals surface area (Å²) in [5.74, 6) is 0.375. The largest absolute Gasteiger partial charge is 0.454 e. The Bertz CT molecular complexity index is 861. The van der Waals surface area contributed by atoms with Gasteiger partial charge in [-0.15, -0.1) is 0 Å². The molecule has 3 rings (SSSR count). The third kappa shape index (κ3) is 3.60. The minimum Gasteiger partial charge on any atom is -0.454 e. The fourth-order valence-corrected chi connectivity index (χ4v) is 2.53. The molecule has 2 aromatic rings. The maximum Gasteiger partial charge on any atom is 0.280 e. The Morgan fingerprint density at radius 1 is 1.28 bits per heavy atom. The monoisotopic (exact) mass is 340 g/mol. The van der Waals surface area contributed by atoms with Gasteiger partial charge in [0, 0.05) is 11.8 Å². The summed E-state index contributed by atoms with van der Waals surface area (Å²) in [4.78, 5) is 22.8. The lowest BCUT2D eigenvalue weighted by Crippen LogP contribution is -2.09. The summed E-state index contributed by atoms with van der Waals surface area (Å²) in [5, 5.41) is 14.0. The number of hydrogen-bond acceptors (Lipinski definition) is 5. The summed E-state index contributed by atoms with van der Waals surface area (Å²) in [5.41, 5.74) is 1.86. The zero-order chi connectivity index (χ0) is 17.8. The summed E-state index contributed by atoms with van der Waals surface area (Å²) < 4.78 is 10.4. The number of anilines is 1. The van der Waals surface area contributed by atoms with Crippen molar-refractivity contribution in [2.45, 2.75) is 13.3 Å². The van der Waals surface area contributed by atoms with Crippen LogP contribution in [0, 0.1) is 10.1 Å². The molecule has 0 radical (unpaired) electrons. The molecule has 1 aliphatic heterocycles. The highest BCUT2D eigenvalue weighted by molar-refractivity contribution is 6.02. The third-order valence-corrected chi connectivity index (χ3v) is 3.79. The Kier molecular flexibility index (Phi) is 4.65. The second kappa shape index (κ2) is 7.04. The highest BCUT2D eigenvalue weighted by atomic mass is 16.7. The number of fused-ring (bicyclic) bond motifs is 1. The standard InChI is InChI=1S/C18H16N2O5/c1-2-12-5-3-4-6-14(12)19-18(21)8-7-13-9-16-17(25-11-24-16)10-15(13)20(22)23/h3-10H,2,11H2,1H3,(H,19,21)/b8-7+. The average Bonchev–Trinajstić information content (AvgIpc) is 3.07. The van der Waals surface area contributed by atoms with Gasteiger partial charge in [0.25, 0.3) is 5.69 Å². The van der Waals surface area contributed by atoms with Crippen molar-refractivity contribution >= 4 is 23.4 Å². The Morgan fingerprint density at radius 2 is 2.00 bits per heavy atom. The van der Waals surface area contributed by atoms with E-state index in [1.807, 2.05) is 31.2 Å². The van der Waals surface area contributed by atoms with Crippen molar-refractivity contribution < 1.29 is 19.2 Å². The molecule has 2 aromatic carbocycles. The number of aryl methyl sites for hydroxylation is 1. The van der Waals surface area contributed by atoms with E-state index < -0.39 is 4.92 Å². The van der Waals surface area contributed by atoms with Crippen LogP contribution in [0.25, 0.3) is 6.08 Å². The van der Waals surface area contributed by atoms with Gasteiger partial charge in [0.15, 0.2) is 11.5 Å². The normalized spacial score (nSPS) is 12.4. The van der Waals surface area contributed by atoms with Gasteiger partial charge in [-0.1, -0.05) is 25.1 Å². The van der Waals surface area contributed by atoms with Gasteiger partial charge in [0.1, 0.15) is 0 Å². The van der Waals surface area contributed by atoms with E-state index in [0.717, 1.165) is 17.7 Å². The van der Waals surface area contributed by atoms with Gasteiger partial charge in [0.05, 0.1) is 16.6 Å². The molecule has 0 bridgehead atoms. The SMILES string of the molecule is CCc1ccccc1NC(=O)/C=C/c1cc2c(cc1[N+](=O)[O-])OCO2. The van der Waals surface area contributed by atoms with Gasteiger partial charge in [-0.25, -0.2) is 0 Å². The Balaban J connectivity index is 1.82. The lowest BCUT2D eigenvalue weighted by Gasteiger charge is -2.07. The molecule has 0 atom stereocenters. The van der Waals surface area contributed by atoms with Gasteiger partial charge < -0.3 is 14.8 Å². The zero-order valence-corrected chi connectivity index (χ0v) is 13.5. The number of rotatable bonds is 5. The quantitative estimate of drug-likeness (QED) is 0.511. The van der Waals surface area contributed by atoms with Gasteiger partial charge >= 0.3 is 0 Å². The number of para-hydroxylation sites is 1. The number of carbonyl (C=O) groups excluding carboxylic acids is 1. The minimum atomic E-state index is -0.522. The molecule has 1 heterocycles. The van der Waals surface area contributed by atoms with E-state index >= 15 is 0 Å². The number of nitrogens with zero attached hydrogens (tertiary/aromatic N) is 1. The van der Waals surface area contributed by atoms with Crippen LogP contribution < -0.4 is 14.8 Å². The van der Waals surface area contributed by atoms with E-state index in [2.05, 4.69) is 5.32 Å². The van der Waals surface area contributed by atoms with Crippen LogP contribution in [0.15, 0.2) is 42.5 Å². The minimum absolute atomic E-state index is 0.0218. The first-order valence-electron chi connectivity index (χ1n) is 7.73. The zero-order valence-electron chi connectivity index (χ0n) is 13.5. The van der Waals surface area contributed by atoms with E-state index in [1.165, 1.54) is 24.3 Å². The van der Waals surface area contributed by atoms with E-state index in [9.17, 15) is 14.9 Å². The Morgan fingerprint density at radius 3 is 2.72 bits per heavy atom. The topological polar surface area (TPSA) is 90.7 Å². The number of hydrogen-bond donors (Lipinski definition) is 1. The van der Waals surface area contributed by atoms with Crippen LogP contribution >= 0.6 is 0 Å². The first-order chi connectivity index (χ1) is 12.1. The number of amides is 1. The van der Waals surface area contributed by atoms with E-state index in [-0.39, 0.29) is 24.0 Å². The van der Waals surface area contributed by atoms with Crippen molar-refractivity contribution in [1.82, 2.24) is 0 Å².